The topological polar surface area (TPSA) is 50.2 Å². The SMILES string of the molecule is CSCc1cnc2ccc(Br)cc2c1C(=O)O. The van der Waals surface area contributed by atoms with E-state index in [2.05, 4.69) is 20.9 Å². The van der Waals surface area contributed by atoms with Crippen molar-refractivity contribution < 1.29 is 9.90 Å². The number of carbonyl (C=O) groups is 1. The smallest absolute Gasteiger partial charge is 0.336 e. The molecule has 0 saturated heterocycles. The Hall–Kier alpha value is -1.07. The molecule has 0 aliphatic carbocycles. The highest BCUT2D eigenvalue weighted by Crippen LogP contribution is 2.26. The number of carboxylic acid groups (broad SMARTS) is 1. The van der Waals surface area contributed by atoms with E-state index in [1.807, 2.05) is 18.4 Å². The molecule has 2 aromatic rings. The van der Waals surface area contributed by atoms with Crippen molar-refractivity contribution in [2.75, 3.05) is 6.26 Å². The number of rotatable bonds is 3. The number of hydrogen-bond donors (Lipinski definition) is 1. The number of pyridine rings is 1. The van der Waals surface area contributed by atoms with Crippen molar-refractivity contribution in [1.29, 1.82) is 0 Å². The van der Waals surface area contributed by atoms with Crippen LogP contribution in [0.3, 0.4) is 0 Å². The number of aromatic nitrogens is 1. The van der Waals surface area contributed by atoms with Crippen LogP contribution in [-0.4, -0.2) is 22.3 Å². The number of nitrogens with zero attached hydrogens (tertiary/aromatic N) is 1. The second-order valence-corrected chi connectivity index (χ2v) is 5.34. The van der Waals surface area contributed by atoms with Gasteiger partial charge in [-0.2, -0.15) is 11.8 Å². The van der Waals surface area contributed by atoms with Gasteiger partial charge in [0.05, 0.1) is 11.1 Å². The molecule has 0 amide bonds. The molecule has 0 fully saturated rings. The summed E-state index contributed by atoms with van der Waals surface area (Å²) in [5.74, 6) is -0.253. The van der Waals surface area contributed by atoms with Crippen molar-refractivity contribution in [3.05, 3.63) is 40.0 Å². The van der Waals surface area contributed by atoms with Gasteiger partial charge in [-0.15, -0.1) is 0 Å². The van der Waals surface area contributed by atoms with Crippen LogP contribution in [0.25, 0.3) is 10.9 Å². The highest BCUT2D eigenvalue weighted by atomic mass is 79.9. The summed E-state index contributed by atoms with van der Waals surface area (Å²) >= 11 is 4.94. The normalized spacial score (nSPS) is 10.7. The maximum atomic E-state index is 11.4. The molecule has 0 atom stereocenters. The number of carboxylic acids is 1. The molecule has 1 aromatic heterocycles. The van der Waals surface area contributed by atoms with Crippen LogP contribution in [-0.2, 0) is 5.75 Å². The fraction of sp³-hybridized carbons (Fsp3) is 0.167. The number of thioether (sulfide) groups is 1. The van der Waals surface area contributed by atoms with Crippen LogP contribution in [0.15, 0.2) is 28.9 Å². The summed E-state index contributed by atoms with van der Waals surface area (Å²) in [5.41, 5.74) is 1.82. The molecule has 0 spiro atoms. The summed E-state index contributed by atoms with van der Waals surface area (Å²) in [7, 11) is 0. The number of fused-ring (bicyclic) bond motifs is 1. The molecule has 2 rings (SSSR count). The van der Waals surface area contributed by atoms with Gasteiger partial charge in [0.15, 0.2) is 0 Å². The first kappa shape index (κ1) is 12.4. The van der Waals surface area contributed by atoms with Gasteiger partial charge in [0, 0.05) is 21.8 Å². The van der Waals surface area contributed by atoms with Crippen LogP contribution in [0.5, 0.6) is 0 Å². The first-order valence-corrected chi connectivity index (χ1v) is 7.11. The van der Waals surface area contributed by atoms with Crippen molar-refractivity contribution in [2.24, 2.45) is 0 Å². The molecule has 0 bridgehead atoms. The molecule has 0 radical (unpaired) electrons. The van der Waals surface area contributed by atoms with Crippen molar-refractivity contribution in [1.82, 2.24) is 4.98 Å². The van der Waals surface area contributed by atoms with E-state index in [-0.39, 0.29) is 0 Å². The van der Waals surface area contributed by atoms with Crippen LogP contribution in [0.2, 0.25) is 0 Å². The maximum absolute atomic E-state index is 11.4. The average Bonchev–Trinajstić information content (AvgIpc) is 2.28. The largest absolute Gasteiger partial charge is 0.478 e. The summed E-state index contributed by atoms with van der Waals surface area (Å²) in [6, 6.07) is 5.47. The van der Waals surface area contributed by atoms with Crippen LogP contribution in [0.1, 0.15) is 15.9 Å². The van der Waals surface area contributed by atoms with Gasteiger partial charge in [-0.3, -0.25) is 4.98 Å². The van der Waals surface area contributed by atoms with Gasteiger partial charge < -0.3 is 5.11 Å². The fourth-order valence-electron chi connectivity index (χ4n) is 1.72. The summed E-state index contributed by atoms with van der Waals surface area (Å²) in [4.78, 5) is 15.7. The Morgan fingerprint density at radius 1 is 1.53 bits per heavy atom. The van der Waals surface area contributed by atoms with E-state index in [4.69, 9.17) is 0 Å². The standard InChI is InChI=1S/C12H10BrNO2S/c1-17-6-7-5-14-10-3-2-8(13)4-9(10)11(7)12(15)16/h2-5H,6H2,1H3,(H,15,16). The summed E-state index contributed by atoms with van der Waals surface area (Å²) in [5, 5.41) is 10.0. The van der Waals surface area contributed by atoms with Crippen molar-refractivity contribution >= 4 is 44.6 Å². The van der Waals surface area contributed by atoms with E-state index in [0.29, 0.717) is 22.2 Å². The molecular formula is C12H10BrNO2S. The Bertz CT molecular complexity index is 586. The van der Waals surface area contributed by atoms with Crippen molar-refractivity contribution in [3.63, 3.8) is 0 Å². The highest BCUT2D eigenvalue weighted by molar-refractivity contribution is 9.10. The van der Waals surface area contributed by atoms with Gasteiger partial charge in [0.2, 0.25) is 0 Å². The lowest BCUT2D eigenvalue weighted by Gasteiger charge is -2.08. The molecule has 0 unspecified atom stereocenters. The molecule has 1 aromatic carbocycles. The minimum Gasteiger partial charge on any atom is -0.478 e. The third-order valence-corrected chi connectivity index (χ3v) is 3.52. The second-order valence-electron chi connectivity index (χ2n) is 3.56. The van der Waals surface area contributed by atoms with E-state index < -0.39 is 5.97 Å². The Morgan fingerprint density at radius 2 is 2.29 bits per heavy atom. The number of benzene rings is 1. The van der Waals surface area contributed by atoms with Crippen molar-refractivity contribution in [3.8, 4) is 0 Å². The molecule has 88 valence electrons. The molecule has 0 saturated carbocycles. The maximum Gasteiger partial charge on any atom is 0.336 e. The second kappa shape index (κ2) is 5.06. The minimum absolute atomic E-state index is 0.352. The van der Waals surface area contributed by atoms with Gasteiger partial charge in [0.25, 0.3) is 0 Å². The summed E-state index contributed by atoms with van der Waals surface area (Å²) < 4.78 is 0.857. The highest BCUT2D eigenvalue weighted by Gasteiger charge is 2.15. The molecule has 1 N–H and O–H groups in total. The minimum atomic E-state index is -0.903. The molecule has 0 aliphatic heterocycles. The van der Waals surface area contributed by atoms with Crippen LogP contribution in [0.4, 0.5) is 0 Å². The lowest BCUT2D eigenvalue weighted by Crippen LogP contribution is -2.04. The Morgan fingerprint density at radius 3 is 2.94 bits per heavy atom. The quantitative estimate of drug-likeness (QED) is 0.941. The number of hydrogen-bond acceptors (Lipinski definition) is 3. The average molecular weight is 312 g/mol. The zero-order valence-electron chi connectivity index (χ0n) is 9.11. The molecule has 1 heterocycles. The van der Waals surface area contributed by atoms with Crippen molar-refractivity contribution in [2.45, 2.75) is 5.75 Å². The van der Waals surface area contributed by atoms with Gasteiger partial charge in [-0.25, -0.2) is 4.79 Å². The number of aromatic carboxylic acids is 1. The van der Waals surface area contributed by atoms with Crippen LogP contribution in [0, 0.1) is 0 Å². The van der Waals surface area contributed by atoms with E-state index >= 15 is 0 Å². The Balaban J connectivity index is 2.77. The van der Waals surface area contributed by atoms with Gasteiger partial charge in [-0.05, 0) is 30.0 Å². The molecule has 17 heavy (non-hydrogen) atoms. The van der Waals surface area contributed by atoms with E-state index in [1.54, 1.807) is 24.0 Å². The zero-order chi connectivity index (χ0) is 12.4. The predicted molar refractivity (Wildman–Crippen MR) is 73.6 cm³/mol. The van der Waals surface area contributed by atoms with Crippen LogP contribution < -0.4 is 0 Å². The molecule has 5 heteroatoms. The van der Waals surface area contributed by atoms with E-state index in [0.717, 1.165) is 10.0 Å². The van der Waals surface area contributed by atoms with Gasteiger partial charge in [0.1, 0.15) is 0 Å². The summed E-state index contributed by atoms with van der Waals surface area (Å²) in [6.45, 7) is 0. The van der Waals surface area contributed by atoms with Crippen LogP contribution >= 0.6 is 27.7 Å². The third kappa shape index (κ3) is 2.45. The molecule has 3 nitrogen and oxygen atoms in total. The predicted octanol–water partition coefficient (Wildman–Crippen LogP) is 3.56. The van der Waals surface area contributed by atoms with Gasteiger partial charge in [-0.1, -0.05) is 15.9 Å². The fourth-order valence-corrected chi connectivity index (χ4v) is 2.61. The first-order valence-electron chi connectivity index (χ1n) is 4.93. The van der Waals surface area contributed by atoms with E-state index in [9.17, 15) is 9.90 Å². The number of halogens is 1. The Labute approximate surface area is 111 Å². The lowest BCUT2D eigenvalue weighted by molar-refractivity contribution is 0.0698. The van der Waals surface area contributed by atoms with Gasteiger partial charge >= 0.3 is 5.97 Å². The van der Waals surface area contributed by atoms with E-state index in [1.165, 1.54) is 0 Å². The molecular weight excluding hydrogens is 302 g/mol. The monoisotopic (exact) mass is 311 g/mol. The molecule has 0 aliphatic rings. The lowest BCUT2D eigenvalue weighted by atomic mass is 10.0. The zero-order valence-corrected chi connectivity index (χ0v) is 11.5. The Kier molecular flexibility index (Phi) is 3.69. The first-order chi connectivity index (χ1) is 8.13. The third-order valence-electron chi connectivity index (χ3n) is 2.42. The summed E-state index contributed by atoms with van der Waals surface area (Å²) in [6.07, 6.45) is 3.59.